The summed E-state index contributed by atoms with van der Waals surface area (Å²) < 4.78 is 11.5. The zero-order valence-electron chi connectivity index (χ0n) is 20.2. The number of fused-ring (bicyclic) bond motifs is 1. The number of rotatable bonds is 8. The van der Waals surface area contributed by atoms with Gasteiger partial charge in [0, 0.05) is 28.2 Å². The van der Waals surface area contributed by atoms with E-state index in [9.17, 15) is 4.79 Å². The monoisotopic (exact) mass is 483 g/mol. The van der Waals surface area contributed by atoms with E-state index < -0.39 is 6.04 Å². The topological polar surface area (TPSA) is 99.8 Å². The number of hydrazone groups is 1. The second kappa shape index (κ2) is 10.6. The maximum Gasteiger partial charge on any atom is 0.258 e. The van der Waals surface area contributed by atoms with Crippen molar-refractivity contribution in [2.24, 2.45) is 5.10 Å². The second-order valence-corrected chi connectivity index (χ2v) is 8.76. The Morgan fingerprint density at radius 2 is 1.86 bits per heavy atom. The third kappa shape index (κ3) is 5.10. The smallest absolute Gasteiger partial charge is 0.258 e. The van der Waals surface area contributed by atoms with Crippen molar-refractivity contribution in [2.45, 2.75) is 32.0 Å². The third-order valence-electron chi connectivity index (χ3n) is 6.36. The van der Waals surface area contributed by atoms with E-state index >= 15 is 0 Å². The maximum atomic E-state index is 12.7. The Morgan fingerprint density at radius 1 is 1.06 bits per heavy atom. The molecule has 8 nitrogen and oxygen atoms in total. The zero-order chi connectivity index (χ0) is 24.9. The SMILES string of the molecule is COc1cc(C2CC(C(=O)N/N=C/c3c(C)[nH]c4ccccc34)NN2)ccc1OCc1ccccc1. The van der Waals surface area contributed by atoms with Crippen LogP contribution in [0.15, 0.2) is 77.9 Å². The molecule has 4 N–H and O–H groups in total. The Bertz CT molecular complexity index is 1380. The van der Waals surface area contributed by atoms with Crippen LogP contribution in [0.5, 0.6) is 11.5 Å². The van der Waals surface area contributed by atoms with Crippen LogP contribution in [0.4, 0.5) is 0 Å². The quantitative estimate of drug-likeness (QED) is 0.223. The summed E-state index contributed by atoms with van der Waals surface area (Å²) in [5.41, 5.74) is 14.0. The lowest BCUT2D eigenvalue weighted by atomic mass is 10.0. The molecule has 0 radical (unpaired) electrons. The number of aromatic nitrogens is 1. The van der Waals surface area contributed by atoms with Crippen LogP contribution in [0.3, 0.4) is 0 Å². The molecule has 3 aromatic carbocycles. The molecular weight excluding hydrogens is 454 g/mol. The fourth-order valence-electron chi connectivity index (χ4n) is 4.41. The molecule has 4 aromatic rings. The minimum absolute atomic E-state index is 0.0577. The predicted molar refractivity (Wildman–Crippen MR) is 140 cm³/mol. The van der Waals surface area contributed by atoms with Crippen LogP contribution in [-0.2, 0) is 11.4 Å². The fraction of sp³-hybridized carbons (Fsp3) is 0.214. The number of amides is 1. The number of H-pyrrole nitrogens is 1. The highest BCUT2D eigenvalue weighted by atomic mass is 16.5. The number of hydrazine groups is 1. The highest BCUT2D eigenvalue weighted by molar-refractivity contribution is 6.00. The van der Waals surface area contributed by atoms with Crippen molar-refractivity contribution in [1.29, 1.82) is 0 Å². The fourth-order valence-corrected chi connectivity index (χ4v) is 4.41. The van der Waals surface area contributed by atoms with Crippen molar-refractivity contribution >= 4 is 23.0 Å². The number of nitrogens with zero attached hydrogens (tertiary/aromatic N) is 1. The van der Waals surface area contributed by atoms with Crippen LogP contribution in [0, 0.1) is 6.92 Å². The number of para-hydroxylation sites is 1. The molecule has 0 spiro atoms. The van der Waals surface area contributed by atoms with Crippen molar-refractivity contribution in [3.63, 3.8) is 0 Å². The third-order valence-corrected chi connectivity index (χ3v) is 6.36. The molecule has 184 valence electrons. The van der Waals surface area contributed by atoms with Gasteiger partial charge in [-0.1, -0.05) is 54.6 Å². The second-order valence-electron chi connectivity index (χ2n) is 8.76. The number of benzene rings is 3. The van der Waals surface area contributed by atoms with E-state index in [1.807, 2.05) is 79.7 Å². The lowest BCUT2D eigenvalue weighted by Gasteiger charge is -2.15. The van der Waals surface area contributed by atoms with E-state index in [0.29, 0.717) is 24.5 Å². The van der Waals surface area contributed by atoms with E-state index in [4.69, 9.17) is 9.47 Å². The van der Waals surface area contributed by atoms with Crippen molar-refractivity contribution < 1.29 is 14.3 Å². The summed E-state index contributed by atoms with van der Waals surface area (Å²) in [6.07, 6.45) is 2.26. The highest BCUT2D eigenvalue weighted by Gasteiger charge is 2.30. The van der Waals surface area contributed by atoms with E-state index in [1.54, 1.807) is 13.3 Å². The van der Waals surface area contributed by atoms with E-state index in [0.717, 1.165) is 33.3 Å². The molecule has 1 aliphatic heterocycles. The molecule has 0 saturated carbocycles. The summed E-state index contributed by atoms with van der Waals surface area (Å²) in [5, 5.41) is 5.27. The molecule has 0 aliphatic carbocycles. The lowest BCUT2D eigenvalue weighted by molar-refractivity contribution is -0.122. The Hall–Kier alpha value is -4.14. The van der Waals surface area contributed by atoms with Gasteiger partial charge in [0.2, 0.25) is 0 Å². The predicted octanol–water partition coefficient (Wildman–Crippen LogP) is 4.12. The highest BCUT2D eigenvalue weighted by Crippen LogP contribution is 2.33. The van der Waals surface area contributed by atoms with Crippen LogP contribution < -0.4 is 25.8 Å². The Morgan fingerprint density at radius 3 is 2.69 bits per heavy atom. The maximum absolute atomic E-state index is 12.7. The number of aryl methyl sites for hydroxylation is 1. The van der Waals surface area contributed by atoms with Gasteiger partial charge in [-0.05, 0) is 42.7 Å². The molecule has 0 bridgehead atoms. The number of methoxy groups -OCH3 is 1. The van der Waals surface area contributed by atoms with E-state index in [-0.39, 0.29) is 11.9 Å². The first kappa shape index (κ1) is 23.6. The average Bonchev–Trinajstić information content (AvgIpc) is 3.53. The summed E-state index contributed by atoms with van der Waals surface area (Å²) >= 11 is 0. The van der Waals surface area contributed by atoms with Gasteiger partial charge in [0.1, 0.15) is 12.6 Å². The van der Waals surface area contributed by atoms with Crippen LogP contribution in [-0.4, -0.2) is 30.3 Å². The Labute approximate surface area is 209 Å². The van der Waals surface area contributed by atoms with Gasteiger partial charge in [-0.2, -0.15) is 5.10 Å². The number of carbonyl (C=O) groups excluding carboxylic acids is 1. The molecule has 1 amide bonds. The first-order valence-electron chi connectivity index (χ1n) is 11.9. The number of hydrogen-bond donors (Lipinski definition) is 4. The van der Waals surface area contributed by atoms with Gasteiger partial charge in [0.25, 0.3) is 5.91 Å². The number of aromatic amines is 1. The van der Waals surface area contributed by atoms with E-state index in [2.05, 4.69) is 26.4 Å². The lowest BCUT2D eigenvalue weighted by Crippen LogP contribution is -2.41. The Kier molecular flexibility index (Phi) is 6.97. The van der Waals surface area contributed by atoms with Gasteiger partial charge in [-0.15, -0.1) is 0 Å². The number of ether oxygens (including phenoxy) is 2. The standard InChI is InChI=1S/C28H29N5O3/c1-18-22(21-10-6-7-11-23(21)30-18)16-29-33-28(34)25-15-24(31-32-25)20-12-13-26(27(14-20)35-2)36-17-19-8-4-3-5-9-19/h3-14,16,24-25,30-32H,15,17H2,1-2H3,(H,33,34)/b29-16+. The van der Waals surface area contributed by atoms with Gasteiger partial charge in [0.05, 0.1) is 13.3 Å². The summed E-state index contributed by atoms with van der Waals surface area (Å²) in [6.45, 7) is 2.45. The molecule has 2 heterocycles. The van der Waals surface area contributed by atoms with Gasteiger partial charge in [-0.3, -0.25) is 4.79 Å². The molecule has 2 atom stereocenters. The summed E-state index contributed by atoms with van der Waals surface area (Å²) in [7, 11) is 1.62. The van der Waals surface area contributed by atoms with Crippen LogP contribution in [0.2, 0.25) is 0 Å². The largest absolute Gasteiger partial charge is 0.493 e. The minimum Gasteiger partial charge on any atom is -0.493 e. The van der Waals surface area contributed by atoms with Crippen molar-refractivity contribution in [1.82, 2.24) is 21.3 Å². The molecule has 1 saturated heterocycles. The number of carbonyl (C=O) groups is 1. The molecule has 8 heteroatoms. The van der Waals surface area contributed by atoms with Crippen molar-refractivity contribution in [3.8, 4) is 11.5 Å². The molecule has 5 rings (SSSR count). The van der Waals surface area contributed by atoms with Gasteiger partial charge >= 0.3 is 0 Å². The van der Waals surface area contributed by atoms with Gasteiger partial charge in [-0.25, -0.2) is 16.3 Å². The first-order valence-corrected chi connectivity index (χ1v) is 11.9. The van der Waals surface area contributed by atoms with E-state index in [1.165, 1.54) is 0 Å². The first-order chi connectivity index (χ1) is 17.6. The van der Waals surface area contributed by atoms with Gasteiger partial charge < -0.3 is 14.5 Å². The van der Waals surface area contributed by atoms with Crippen molar-refractivity contribution in [3.05, 3.63) is 95.2 Å². The molecule has 1 aliphatic rings. The molecule has 1 fully saturated rings. The van der Waals surface area contributed by atoms with Crippen LogP contribution >= 0.6 is 0 Å². The van der Waals surface area contributed by atoms with Gasteiger partial charge in [0.15, 0.2) is 11.5 Å². The number of hydrogen-bond acceptors (Lipinski definition) is 6. The summed E-state index contributed by atoms with van der Waals surface area (Å²) in [5.74, 6) is 1.12. The number of nitrogens with one attached hydrogen (secondary N) is 4. The normalized spacial score (nSPS) is 17.5. The van der Waals surface area contributed by atoms with Crippen LogP contribution in [0.25, 0.3) is 10.9 Å². The Balaban J connectivity index is 1.19. The minimum atomic E-state index is -0.420. The summed E-state index contributed by atoms with van der Waals surface area (Å²) in [4.78, 5) is 16.0. The molecule has 36 heavy (non-hydrogen) atoms. The summed E-state index contributed by atoms with van der Waals surface area (Å²) in [6, 6.07) is 23.4. The molecule has 2 unspecified atom stereocenters. The molecule has 1 aromatic heterocycles. The average molecular weight is 484 g/mol. The molecular formula is C28H29N5O3. The zero-order valence-corrected chi connectivity index (χ0v) is 20.2. The van der Waals surface area contributed by atoms with Crippen LogP contribution in [0.1, 0.15) is 34.8 Å². The van der Waals surface area contributed by atoms with Crippen molar-refractivity contribution in [2.75, 3.05) is 7.11 Å².